The number of nitrogens with zero attached hydrogens (tertiary/aromatic N) is 1. The Morgan fingerprint density at radius 2 is 1.89 bits per heavy atom. The van der Waals surface area contributed by atoms with Gasteiger partial charge in [-0.3, -0.25) is 4.79 Å². The first kappa shape index (κ1) is 12.7. The van der Waals surface area contributed by atoms with Gasteiger partial charge in [0.05, 0.1) is 5.56 Å². The molecule has 4 nitrogen and oxygen atoms in total. The van der Waals surface area contributed by atoms with Crippen LogP contribution < -0.4 is 11.5 Å². The Balaban J connectivity index is 2.14. The second kappa shape index (κ2) is 5.29. The molecule has 1 amide bonds. The molecular formula is C14H21N3O. The van der Waals surface area contributed by atoms with Crippen molar-refractivity contribution in [3.8, 4) is 0 Å². The molecule has 0 aliphatic heterocycles. The van der Waals surface area contributed by atoms with E-state index in [1.54, 1.807) is 18.2 Å². The molecule has 1 aliphatic carbocycles. The predicted octanol–water partition coefficient (Wildman–Crippen LogP) is 2.26. The van der Waals surface area contributed by atoms with Gasteiger partial charge in [-0.2, -0.15) is 0 Å². The Kier molecular flexibility index (Phi) is 3.75. The highest BCUT2D eigenvalue weighted by atomic mass is 16.2. The molecule has 98 valence electrons. The zero-order valence-corrected chi connectivity index (χ0v) is 10.9. The second-order valence-corrected chi connectivity index (χ2v) is 5.05. The van der Waals surface area contributed by atoms with Gasteiger partial charge in [-0.15, -0.1) is 0 Å². The maximum atomic E-state index is 12.4. The third kappa shape index (κ3) is 2.58. The van der Waals surface area contributed by atoms with Crippen molar-refractivity contribution in [3.05, 3.63) is 23.8 Å². The predicted molar refractivity (Wildman–Crippen MR) is 74.2 cm³/mol. The molecule has 1 aromatic rings. The van der Waals surface area contributed by atoms with E-state index in [9.17, 15) is 4.79 Å². The molecule has 0 saturated heterocycles. The fourth-order valence-electron chi connectivity index (χ4n) is 2.60. The van der Waals surface area contributed by atoms with Gasteiger partial charge >= 0.3 is 0 Å². The lowest BCUT2D eigenvalue weighted by Crippen LogP contribution is -2.38. The summed E-state index contributed by atoms with van der Waals surface area (Å²) in [7, 11) is 1.87. The van der Waals surface area contributed by atoms with Crippen LogP contribution in [0.15, 0.2) is 18.2 Å². The average Bonchev–Trinajstić information content (AvgIpc) is 2.38. The number of benzene rings is 1. The van der Waals surface area contributed by atoms with Crippen molar-refractivity contribution < 1.29 is 4.79 Å². The quantitative estimate of drug-likeness (QED) is 0.787. The third-order valence-electron chi connectivity index (χ3n) is 3.75. The number of anilines is 2. The standard InChI is InChI=1S/C14H21N3O/c1-17(11-5-3-2-4-6-11)14(18)12-8-7-10(15)9-13(12)16/h7-9,11H,2-6,15-16H2,1H3. The van der Waals surface area contributed by atoms with Crippen molar-refractivity contribution in [2.45, 2.75) is 38.1 Å². The minimum Gasteiger partial charge on any atom is -0.399 e. The highest BCUT2D eigenvalue weighted by molar-refractivity contribution is 5.99. The fraction of sp³-hybridized carbons (Fsp3) is 0.500. The molecular weight excluding hydrogens is 226 g/mol. The number of carbonyl (C=O) groups is 1. The van der Waals surface area contributed by atoms with Crippen molar-refractivity contribution in [3.63, 3.8) is 0 Å². The third-order valence-corrected chi connectivity index (χ3v) is 3.75. The van der Waals surface area contributed by atoms with Crippen molar-refractivity contribution >= 4 is 17.3 Å². The van der Waals surface area contributed by atoms with Gasteiger partial charge in [0.1, 0.15) is 0 Å². The summed E-state index contributed by atoms with van der Waals surface area (Å²) in [5.74, 6) is -0.000556. The van der Waals surface area contributed by atoms with Crippen LogP contribution in [0.3, 0.4) is 0 Å². The SMILES string of the molecule is CN(C(=O)c1ccc(N)cc1N)C1CCCCC1. The topological polar surface area (TPSA) is 72.3 Å². The molecule has 0 atom stereocenters. The first-order valence-corrected chi connectivity index (χ1v) is 6.52. The molecule has 1 saturated carbocycles. The number of hydrogen-bond acceptors (Lipinski definition) is 3. The van der Waals surface area contributed by atoms with E-state index >= 15 is 0 Å². The summed E-state index contributed by atoms with van der Waals surface area (Å²) in [4.78, 5) is 14.2. The normalized spacial score (nSPS) is 16.5. The highest BCUT2D eigenvalue weighted by Gasteiger charge is 2.23. The Morgan fingerprint density at radius 3 is 2.50 bits per heavy atom. The van der Waals surface area contributed by atoms with E-state index < -0.39 is 0 Å². The molecule has 2 rings (SSSR count). The van der Waals surface area contributed by atoms with Gasteiger partial charge in [-0.1, -0.05) is 19.3 Å². The summed E-state index contributed by atoms with van der Waals surface area (Å²) >= 11 is 0. The molecule has 0 spiro atoms. The molecule has 18 heavy (non-hydrogen) atoms. The maximum absolute atomic E-state index is 12.4. The van der Waals surface area contributed by atoms with E-state index in [0.717, 1.165) is 12.8 Å². The van der Waals surface area contributed by atoms with Crippen LogP contribution in [0.2, 0.25) is 0 Å². The van der Waals surface area contributed by atoms with E-state index in [4.69, 9.17) is 11.5 Å². The Bertz CT molecular complexity index is 439. The molecule has 0 bridgehead atoms. The van der Waals surface area contributed by atoms with Crippen LogP contribution in [0.5, 0.6) is 0 Å². The molecule has 0 unspecified atom stereocenters. The number of amides is 1. The van der Waals surface area contributed by atoms with E-state index in [0.29, 0.717) is 23.0 Å². The van der Waals surface area contributed by atoms with Crippen LogP contribution in [-0.4, -0.2) is 23.9 Å². The Labute approximate surface area is 108 Å². The van der Waals surface area contributed by atoms with Gasteiger partial charge in [0.15, 0.2) is 0 Å². The lowest BCUT2D eigenvalue weighted by atomic mass is 9.94. The highest BCUT2D eigenvalue weighted by Crippen LogP contribution is 2.24. The van der Waals surface area contributed by atoms with Crippen LogP contribution >= 0.6 is 0 Å². The van der Waals surface area contributed by atoms with Crippen molar-refractivity contribution in [2.75, 3.05) is 18.5 Å². The fourth-order valence-corrected chi connectivity index (χ4v) is 2.60. The summed E-state index contributed by atoms with van der Waals surface area (Å²) in [5, 5.41) is 0. The summed E-state index contributed by atoms with van der Waals surface area (Å²) < 4.78 is 0. The van der Waals surface area contributed by atoms with Crippen LogP contribution in [0, 0.1) is 0 Å². The zero-order valence-electron chi connectivity index (χ0n) is 10.9. The molecule has 4 N–H and O–H groups in total. The van der Waals surface area contributed by atoms with Crippen molar-refractivity contribution in [1.82, 2.24) is 4.90 Å². The monoisotopic (exact) mass is 247 g/mol. The van der Waals surface area contributed by atoms with Crippen LogP contribution in [0.4, 0.5) is 11.4 Å². The van der Waals surface area contributed by atoms with E-state index in [-0.39, 0.29) is 5.91 Å². The Hall–Kier alpha value is -1.71. The number of nitrogen functional groups attached to an aromatic ring is 2. The first-order chi connectivity index (χ1) is 8.59. The molecule has 0 heterocycles. The molecule has 0 aromatic heterocycles. The maximum Gasteiger partial charge on any atom is 0.255 e. The smallest absolute Gasteiger partial charge is 0.255 e. The van der Waals surface area contributed by atoms with Gasteiger partial charge in [-0.05, 0) is 31.0 Å². The number of nitrogens with two attached hydrogens (primary N) is 2. The summed E-state index contributed by atoms with van der Waals surface area (Å²) in [6.45, 7) is 0. The Morgan fingerprint density at radius 1 is 1.22 bits per heavy atom. The second-order valence-electron chi connectivity index (χ2n) is 5.05. The lowest BCUT2D eigenvalue weighted by Gasteiger charge is -2.31. The number of hydrogen-bond donors (Lipinski definition) is 2. The van der Waals surface area contributed by atoms with Gasteiger partial charge in [0.2, 0.25) is 0 Å². The van der Waals surface area contributed by atoms with E-state index in [1.807, 2.05) is 11.9 Å². The molecule has 1 fully saturated rings. The van der Waals surface area contributed by atoms with E-state index in [1.165, 1.54) is 19.3 Å². The van der Waals surface area contributed by atoms with Gasteiger partial charge in [0, 0.05) is 24.5 Å². The zero-order chi connectivity index (χ0) is 13.1. The number of carbonyl (C=O) groups excluding carboxylic acids is 1. The van der Waals surface area contributed by atoms with Crippen molar-refractivity contribution in [1.29, 1.82) is 0 Å². The van der Waals surface area contributed by atoms with Gasteiger partial charge < -0.3 is 16.4 Å². The average molecular weight is 247 g/mol. The molecule has 1 aromatic carbocycles. The summed E-state index contributed by atoms with van der Waals surface area (Å²) in [6.07, 6.45) is 5.88. The molecule has 4 heteroatoms. The van der Waals surface area contributed by atoms with E-state index in [2.05, 4.69) is 0 Å². The first-order valence-electron chi connectivity index (χ1n) is 6.52. The van der Waals surface area contributed by atoms with Gasteiger partial charge in [0.25, 0.3) is 5.91 Å². The lowest BCUT2D eigenvalue weighted by molar-refractivity contribution is 0.0697. The van der Waals surface area contributed by atoms with Crippen LogP contribution in [0.25, 0.3) is 0 Å². The van der Waals surface area contributed by atoms with Crippen LogP contribution in [0.1, 0.15) is 42.5 Å². The van der Waals surface area contributed by atoms with Crippen LogP contribution in [-0.2, 0) is 0 Å². The summed E-state index contributed by atoms with van der Waals surface area (Å²) in [6, 6.07) is 5.43. The molecule has 1 aliphatic rings. The van der Waals surface area contributed by atoms with Gasteiger partial charge in [-0.25, -0.2) is 0 Å². The minimum absolute atomic E-state index is 0.000556. The van der Waals surface area contributed by atoms with Crippen molar-refractivity contribution in [2.24, 2.45) is 0 Å². The largest absolute Gasteiger partial charge is 0.399 e. The summed E-state index contributed by atoms with van der Waals surface area (Å²) in [5.41, 5.74) is 13.1. The number of rotatable bonds is 2. The minimum atomic E-state index is -0.000556. The molecule has 0 radical (unpaired) electrons.